The van der Waals surface area contributed by atoms with Crippen LogP contribution in [0.15, 0.2) is 60.9 Å². The molecule has 6 heteroatoms. The molecular weight excluding hydrogens is 378 g/mol. The molecule has 0 saturated carbocycles. The number of nitrogens with zero attached hydrogens (tertiary/aromatic N) is 1. The Balaban J connectivity index is 1.40. The van der Waals surface area contributed by atoms with E-state index in [1.807, 2.05) is 36.4 Å². The summed E-state index contributed by atoms with van der Waals surface area (Å²) in [6, 6.07) is 16.3. The monoisotopic (exact) mass is 409 g/mol. The molecule has 0 spiro atoms. The summed E-state index contributed by atoms with van der Waals surface area (Å²) in [5.41, 5.74) is 2.37. The molecule has 0 aliphatic heterocycles. The lowest BCUT2D eigenvalue weighted by atomic mass is 9.95. The molecule has 0 aliphatic carbocycles. The van der Waals surface area contributed by atoms with Crippen LogP contribution < -0.4 is 14.8 Å². The zero-order chi connectivity index (χ0) is 21.4. The SMILES string of the molecule is Cc1ccc(Oc2ccc(CCC(C)(C)NCC(O)COc3cn[nH]c3)cc2)cc1. The van der Waals surface area contributed by atoms with Gasteiger partial charge in [0.2, 0.25) is 0 Å². The Labute approximate surface area is 178 Å². The van der Waals surface area contributed by atoms with Gasteiger partial charge in [-0.1, -0.05) is 29.8 Å². The zero-order valence-corrected chi connectivity index (χ0v) is 17.9. The van der Waals surface area contributed by atoms with Gasteiger partial charge < -0.3 is 19.9 Å². The second-order valence-electron chi connectivity index (χ2n) is 8.22. The van der Waals surface area contributed by atoms with Gasteiger partial charge in [-0.25, -0.2) is 0 Å². The van der Waals surface area contributed by atoms with Crippen molar-refractivity contribution in [3.63, 3.8) is 0 Å². The van der Waals surface area contributed by atoms with E-state index in [2.05, 4.69) is 48.4 Å². The third-order valence-corrected chi connectivity index (χ3v) is 4.95. The van der Waals surface area contributed by atoms with Crippen LogP contribution in [0.25, 0.3) is 0 Å². The summed E-state index contributed by atoms with van der Waals surface area (Å²) in [7, 11) is 0. The lowest BCUT2D eigenvalue weighted by Crippen LogP contribution is -2.45. The summed E-state index contributed by atoms with van der Waals surface area (Å²) < 4.78 is 11.4. The molecule has 0 amide bonds. The Hall–Kier alpha value is -2.83. The minimum atomic E-state index is -0.586. The summed E-state index contributed by atoms with van der Waals surface area (Å²) in [6.07, 6.45) is 4.53. The van der Waals surface area contributed by atoms with Crippen molar-refractivity contribution < 1.29 is 14.6 Å². The molecule has 3 aromatic rings. The van der Waals surface area contributed by atoms with Crippen molar-refractivity contribution in [3.05, 3.63) is 72.1 Å². The Morgan fingerprint density at radius 2 is 1.70 bits per heavy atom. The number of ether oxygens (including phenoxy) is 2. The first kappa shape index (κ1) is 21.9. The van der Waals surface area contributed by atoms with Gasteiger partial charge in [-0.2, -0.15) is 5.10 Å². The van der Waals surface area contributed by atoms with Gasteiger partial charge in [-0.15, -0.1) is 0 Å². The molecule has 1 unspecified atom stereocenters. The van der Waals surface area contributed by atoms with Gasteiger partial charge in [0.15, 0.2) is 5.75 Å². The number of aromatic nitrogens is 2. The highest BCUT2D eigenvalue weighted by atomic mass is 16.5. The van der Waals surface area contributed by atoms with Crippen LogP contribution in [-0.2, 0) is 6.42 Å². The number of nitrogens with one attached hydrogen (secondary N) is 2. The average Bonchev–Trinajstić information content (AvgIpc) is 3.26. The number of aromatic amines is 1. The molecule has 0 aliphatic rings. The lowest BCUT2D eigenvalue weighted by molar-refractivity contribution is 0.0982. The maximum atomic E-state index is 10.1. The van der Waals surface area contributed by atoms with Crippen molar-refractivity contribution in [1.82, 2.24) is 15.5 Å². The fraction of sp³-hybridized carbons (Fsp3) is 0.375. The number of aryl methyl sites for hydroxylation is 2. The van der Waals surface area contributed by atoms with Crippen molar-refractivity contribution in [2.75, 3.05) is 13.2 Å². The van der Waals surface area contributed by atoms with Crippen molar-refractivity contribution >= 4 is 0 Å². The van der Waals surface area contributed by atoms with E-state index in [0.717, 1.165) is 24.3 Å². The second kappa shape index (κ2) is 10.3. The maximum Gasteiger partial charge on any atom is 0.157 e. The fourth-order valence-corrected chi connectivity index (χ4v) is 2.98. The Morgan fingerprint density at radius 1 is 1.03 bits per heavy atom. The molecule has 0 fully saturated rings. The molecular formula is C24H31N3O3. The van der Waals surface area contributed by atoms with Crippen molar-refractivity contribution in [2.24, 2.45) is 0 Å². The largest absolute Gasteiger partial charge is 0.488 e. The molecule has 3 N–H and O–H groups in total. The van der Waals surface area contributed by atoms with Gasteiger partial charge >= 0.3 is 0 Å². The highest BCUT2D eigenvalue weighted by Gasteiger charge is 2.19. The smallest absolute Gasteiger partial charge is 0.157 e. The van der Waals surface area contributed by atoms with Crippen LogP contribution in [0.3, 0.4) is 0 Å². The van der Waals surface area contributed by atoms with Crippen LogP contribution in [0.4, 0.5) is 0 Å². The van der Waals surface area contributed by atoms with Crippen molar-refractivity contribution in [1.29, 1.82) is 0 Å². The molecule has 1 atom stereocenters. The van der Waals surface area contributed by atoms with Crippen LogP contribution >= 0.6 is 0 Å². The molecule has 160 valence electrons. The standard InChI is InChI=1S/C24H31N3O3/c1-18-4-8-21(9-5-18)30-22-10-6-19(7-11-22)12-13-24(2,3)25-14-20(28)17-29-23-15-26-27-16-23/h4-11,15-16,20,25,28H,12-14,17H2,1-3H3,(H,26,27). The van der Waals surface area contributed by atoms with Gasteiger partial charge in [0.05, 0.1) is 12.4 Å². The van der Waals surface area contributed by atoms with E-state index in [9.17, 15) is 5.11 Å². The van der Waals surface area contributed by atoms with Crippen LogP contribution in [0, 0.1) is 6.92 Å². The number of aliphatic hydroxyl groups is 1. The first-order valence-corrected chi connectivity index (χ1v) is 10.3. The molecule has 0 radical (unpaired) electrons. The van der Waals surface area contributed by atoms with Gasteiger partial charge in [-0.3, -0.25) is 5.10 Å². The molecule has 2 aromatic carbocycles. The molecule has 30 heavy (non-hydrogen) atoms. The Morgan fingerprint density at radius 3 is 2.33 bits per heavy atom. The molecule has 6 nitrogen and oxygen atoms in total. The molecule has 0 saturated heterocycles. The van der Waals surface area contributed by atoms with Crippen molar-refractivity contribution in [3.8, 4) is 17.2 Å². The number of aliphatic hydroxyl groups excluding tert-OH is 1. The number of β-amino-alcohol motifs (C(OH)–C–C–N with tert-alkyl or cyclic N) is 1. The van der Waals surface area contributed by atoms with Gasteiger partial charge in [0.1, 0.15) is 24.2 Å². The zero-order valence-electron chi connectivity index (χ0n) is 17.9. The van der Waals surface area contributed by atoms with Crippen molar-refractivity contribution in [2.45, 2.75) is 45.3 Å². The third-order valence-electron chi connectivity index (χ3n) is 4.95. The number of rotatable bonds is 11. The number of hydrogen-bond acceptors (Lipinski definition) is 5. The molecule has 0 bridgehead atoms. The van der Waals surface area contributed by atoms with E-state index in [0.29, 0.717) is 12.3 Å². The van der Waals surface area contributed by atoms with E-state index in [1.54, 1.807) is 12.4 Å². The first-order valence-electron chi connectivity index (χ1n) is 10.3. The van der Waals surface area contributed by atoms with E-state index in [4.69, 9.17) is 9.47 Å². The van der Waals surface area contributed by atoms with E-state index in [-0.39, 0.29) is 12.1 Å². The third kappa shape index (κ3) is 7.21. The highest BCUT2D eigenvalue weighted by molar-refractivity contribution is 5.34. The lowest BCUT2D eigenvalue weighted by Gasteiger charge is -2.28. The first-order chi connectivity index (χ1) is 14.4. The summed E-state index contributed by atoms with van der Waals surface area (Å²) in [6.45, 7) is 7.04. The summed E-state index contributed by atoms with van der Waals surface area (Å²) in [4.78, 5) is 0. The Kier molecular flexibility index (Phi) is 7.49. The summed E-state index contributed by atoms with van der Waals surface area (Å²) in [5, 5.41) is 20.1. The van der Waals surface area contributed by atoms with Crippen LogP contribution in [0.1, 0.15) is 31.4 Å². The minimum absolute atomic E-state index is 0.103. The van der Waals surface area contributed by atoms with E-state index >= 15 is 0 Å². The Bertz CT molecular complexity index is 875. The molecule has 1 heterocycles. The normalized spacial score (nSPS) is 12.5. The predicted molar refractivity (Wildman–Crippen MR) is 118 cm³/mol. The van der Waals surface area contributed by atoms with Crippen LogP contribution in [0.5, 0.6) is 17.2 Å². The van der Waals surface area contributed by atoms with E-state index in [1.165, 1.54) is 11.1 Å². The highest BCUT2D eigenvalue weighted by Crippen LogP contribution is 2.23. The summed E-state index contributed by atoms with van der Waals surface area (Å²) >= 11 is 0. The van der Waals surface area contributed by atoms with Gasteiger partial charge in [-0.05, 0) is 63.4 Å². The fourth-order valence-electron chi connectivity index (χ4n) is 2.98. The number of H-pyrrole nitrogens is 1. The summed E-state index contributed by atoms with van der Waals surface area (Å²) in [5.74, 6) is 2.30. The second-order valence-corrected chi connectivity index (χ2v) is 8.22. The topological polar surface area (TPSA) is 79.4 Å². The van der Waals surface area contributed by atoms with Gasteiger partial charge in [0.25, 0.3) is 0 Å². The predicted octanol–water partition coefficient (Wildman–Crippen LogP) is 4.25. The molecule has 3 rings (SSSR count). The van der Waals surface area contributed by atoms with Crippen LogP contribution in [-0.4, -0.2) is 40.1 Å². The van der Waals surface area contributed by atoms with E-state index < -0.39 is 6.10 Å². The minimum Gasteiger partial charge on any atom is -0.488 e. The maximum absolute atomic E-state index is 10.1. The van der Waals surface area contributed by atoms with Crippen LogP contribution in [0.2, 0.25) is 0 Å². The number of hydrogen-bond donors (Lipinski definition) is 3. The average molecular weight is 410 g/mol. The quantitative estimate of drug-likeness (QED) is 0.441. The number of benzene rings is 2. The molecule has 1 aromatic heterocycles. The van der Waals surface area contributed by atoms with Gasteiger partial charge in [0, 0.05) is 12.1 Å².